The van der Waals surface area contributed by atoms with Crippen LogP contribution in [0.5, 0.6) is 0 Å². The first-order valence-electron chi connectivity index (χ1n) is 9.72. The molecule has 0 bridgehead atoms. The summed E-state index contributed by atoms with van der Waals surface area (Å²) in [7, 11) is 1.95. The molecule has 152 valence electrons. The Morgan fingerprint density at radius 1 is 1.25 bits per heavy atom. The second kappa shape index (κ2) is 11.1. The molecule has 0 aliphatic carbocycles. The molecule has 6 nitrogen and oxygen atoms in total. The van der Waals surface area contributed by atoms with Crippen LogP contribution in [0.25, 0.3) is 10.9 Å². The molecule has 2 heterocycles. The van der Waals surface area contributed by atoms with Crippen molar-refractivity contribution in [1.82, 2.24) is 25.4 Å². The van der Waals surface area contributed by atoms with E-state index in [0.29, 0.717) is 0 Å². The highest BCUT2D eigenvalue weighted by molar-refractivity contribution is 14.0. The largest absolute Gasteiger partial charge is 0.361 e. The molecule has 7 heteroatoms. The van der Waals surface area contributed by atoms with Crippen molar-refractivity contribution in [2.45, 2.75) is 33.1 Å². The van der Waals surface area contributed by atoms with Gasteiger partial charge in [0.15, 0.2) is 5.96 Å². The van der Waals surface area contributed by atoms with E-state index in [1.165, 1.54) is 27.6 Å². The molecular formula is C21H31IN6. The second-order valence-electron chi connectivity index (χ2n) is 6.93. The molecular weight excluding hydrogens is 463 g/mol. The Kier molecular flexibility index (Phi) is 8.82. The van der Waals surface area contributed by atoms with Crippen LogP contribution in [0.2, 0.25) is 0 Å². The van der Waals surface area contributed by atoms with Crippen molar-refractivity contribution >= 4 is 40.8 Å². The number of hydrogen-bond donors (Lipinski definition) is 3. The summed E-state index contributed by atoms with van der Waals surface area (Å²) in [5, 5.41) is 12.3. The van der Waals surface area contributed by atoms with Crippen molar-refractivity contribution in [3.05, 3.63) is 53.5 Å². The molecule has 0 spiro atoms. The quantitative estimate of drug-likeness (QED) is 0.194. The molecule has 0 radical (unpaired) electrons. The molecule has 0 aliphatic rings. The fourth-order valence-corrected chi connectivity index (χ4v) is 3.24. The minimum Gasteiger partial charge on any atom is -0.361 e. The van der Waals surface area contributed by atoms with Crippen LogP contribution in [0, 0.1) is 6.92 Å². The Hall–Kier alpha value is -2.03. The topological polar surface area (TPSA) is 70.0 Å². The Labute approximate surface area is 184 Å². The Morgan fingerprint density at radius 2 is 2.11 bits per heavy atom. The molecule has 0 saturated carbocycles. The fourth-order valence-electron chi connectivity index (χ4n) is 3.24. The summed E-state index contributed by atoms with van der Waals surface area (Å²) in [6, 6.07) is 6.56. The number of aryl methyl sites for hydroxylation is 3. The van der Waals surface area contributed by atoms with Crippen LogP contribution < -0.4 is 10.6 Å². The minimum absolute atomic E-state index is 0. The summed E-state index contributed by atoms with van der Waals surface area (Å²) >= 11 is 0. The number of aromatic amines is 1. The number of guanidine groups is 1. The lowest BCUT2D eigenvalue weighted by Gasteiger charge is -2.11. The van der Waals surface area contributed by atoms with Crippen molar-refractivity contribution < 1.29 is 0 Å². The summed E-state index contributed by atoms with van der Waals surface area (Å²) in [5.41, 5.74) is 5.09. The van der Waals surface area contributed by atoms with Crippen molar-refractivity contribution in [2.75, 3.05) is 19.6 Å². The SMILES string of the molecule is CCNC(=NCCCc1cnn(C)c1)NCCc1c[nH]c2cc(C)ccc12.I. The highest BCUT2D eigenvalue weighted by Crippen LogP contribution is 2.19. The maximum absolute atomic E-state index is 4.69. The maximum atomic E-state index is 4.69. The predicted molar refractivity (Wildman–Crippen MR) is 128 cm³/mol. The van der Waals surface area contributed by atoms with Gasteiger partial charge in [-0.3, -0.25) is 9.67 Å². The lowest BCUT2D eigenvalue weighted by Crippen LogP contribution is -2.38. The zero-order valence-corrected chi connectivity index (χ0v) is 19.3. The number of halogens is 1. The van der Waals surface area contributed by atoms with Crippen molar-refractivity contribution in [2.24, 2.45) is 12.0 Å². The Balaban J connectivity index is 0.00000280. The molecule has 0 unspecified atom stereocenters. The van der Waals surface area contributed by atoms with Gasteiger partial charge in [-0.15, -0.1) is 24.0 Å². The number of rotatable bonds is 8. The van der Waals surface area contributed by atoms with Gasteiger partial charge in [-0.1, -0.05) is 12.1 Å². The molecule has 0 aliphatic heterocycles. The van der Waals surface area contributed by atoms with Gasteiger partial charge in [0.05, 0.1) is 6.20 Å². The smallest absolute Gasteiger partial charge is 0.191 e. The normalized spacial score (nSPS) is 11.5. The second-order valence-corrected chi connectivity index (χ2v) is 6.93. The monoisotopic (exact) mass is 494 g/mol. The first kappa shape index (κ1) is 22.3. The summed E-state index contributed by atoms with van der Waals surface area (Å²) in [6.45, 7) is 6.73. The third kappa shape index (κ3) is 6.25. The molecule has 28 heavy (non-hydrogen) atoms. The number of H-pyrrole nitrogens is 1. The average Bonchev–Trinajstić information content (AvgIpc) is 3.24. The number of aromatic nitrogens is 3. The molecule has 0 saturated heterocycles. The molecule has 0 amide bonds. The van der Waals surface area contributed by atoms with E-state index in [9.17, 15) is 0 Å². The zero-order chi connectivity index (χ0) is 19.1. The molecule has 3 N–H and O–H groups in total. The first-order chi connectivity index (χ1) is 13.2. The fraction of sp³-hybridized carbons (Fsp3) is 0.429. The molecule has 3 rings (SSSR count). The van der Waals surface area contributed by atoms with Gasteiger partial charge in [0.2, 0.25) is 0 Å². The van der Waals surface area contributed by atoms with Crippen LogP contribution in [0.3, 0.4) is 0 Å². The van der Waals surface area contributed by atoms with Crippen LogP contribution in [-0.2, 0) is 19.9 Å². The van der Waals surface area contributed by atoms with Gasteiger partial charge in [0.25, 0.3) is 0 Å². The van der Waals surface area contributed by atoms with Crippen LogP contribution in [0.4, 0.5) is 0 Å². The third-order valence-corrected chi connectivity index (χ3v) is 4.61. The standard InChI is InChI=1S/C21H30N6.HI/c1-4-22-21(23-10-5-6-17-13-26-27(3)15-17)24-11-9-18-14-25-20-12-16(2)7-8-19(18)20;/h7-8,12-15,25H,4-6,9-11H2,1-3H3,(H2,22,23,24);1H. The summed E-state index contributed by atoms with van der Waals surface area (Å²) in [4.78, 5) is 8.06. The molecule has 1 aromatic carbocycles. The van der Waals surface area contributed by atoms with E-state index in [2.05, 4.69) is 70.1 Å². The Morgan fingerprint density at radius 3 is 2.86 bits per heavy atom. The van der Waals surface area contributed by atoms with E-state index >= 15 is 0 Å². The number of nitrogens with one attached hydrogen (secondary N) is 3. The average molecular weight is 494 g/mol. The summed E-state index contributed by atoms with van der Waals surface area (Å²) < 4.78 is 1.84. The lowest BCUT2D eigenvalue weighted by molar-refractivity contribution is 0.763. The number of fused-ring (bicyclic) bond motifs is 1. The summed E-state index contributed by atoms with van der Waals surface area (Å²) in [5.74, 6) is 0.888. The number of aliphatic imine (C=N–C) groups is 1. The highest BCUT2D eigenvalue weighted by atomic mass is 127. The lowest BCUT2D eigenvalue weighted by atomic mass is 10.1. The van der Waals surface area contributed by atoms with Crippen molar-refractivity contribution in [3.63, 3.8) is 0 Å². The van der Waals surface area contributed by atoms with E-state index < -0.39 is 0 Å². The Bertz CT molecular complexity index is 895. The van der Waals surface area contributed by atoms with E-state index in [1.54, 1.807) is 0 Å². The molecule has 3 aromatic rings. The van der Waals surface area contributed by atoms with Gasteiger partial charge < -0.3 is 15.6 Å². The van der Waals surface area contributed by atoms with E-state index in [1.807, 2.05) is 17.9 Å². The van der Waals surface area contributed by atoms with Crippen LogP contribution in [-0.4, -0.2) is 40.4 Å². The van der Waals surface area contributed by atoms with E-state index in [-0.39, 0.29) is 24.0 Å². The highest BCUT2D eigenvalue weighted by Gasteiger charge is 2.04. The number of nitrogens with zero attached hydrogens (tertiary/aromatic N) is 3. The van der Waals surface area contributed by atoms with Crippen LogP contribution >= 0.6 is 24.0 Å². The van der Waals surface area contributed by atoms with Crippen molar-refractivity contribution in [1.29, 1.82) is 0 Å². The van der Waals surface area contributed by atoms with E-state index in [0.717, 1.165) is 44.9 Å². The van der Waals surface area contributed by atoms with E-state index in [4.69, 9.17) is 0 Å². The van der Waals surface area contributed by atoms with Gasteiger partial charge in [-0.25, -0.2) is 0 Å². The van der Waals surface area contributed by atoms with Gasteiger partial charge in [-0.05, 0) is 55.9 Å². The van der Waals surface area contributed by atoms with Gasteiger partial charge >= 0.3 is 0 Å². The minimum atomic E-state index is 0. The van der Waals surface area contributed by atoms with Crippen LogP contribution in [0.1, 0.15) is 30.0 Å². The predicted octanol–water partition coefficient (Wildman–Crippen LogP) is 3.56. The molecule has 2 aromatic heterocycles. The summed E-state index contributed by atoms with van der Waals surface area (Å²) in [6.07, 6.45) is 9.09. The maximum Gasteiger partial charge on any atom is 0.191 e. The zero-order valence-electron chi connectivity index (χ0n) is 17.0. The third-order valence-electron chi connectivity index (χ3n) is 4.61. The van der Waals surface area contributed by atoms with Crippen molar-refractivity contribution in [3.8, 4) is 0 Å². The van der Waals surface area contributed by atoms with Gasteiger partial charge in [0.1, 0.15) is 0 Å². The number of benzene rings is 1. The van der Waals surface area contributed by atoms with Crippen LogP contribution in [0.15, 0.2) is 41.8 Å². The molecule has 0 atom stereocenters. The van der Waals surface area contributed by atoms with Gasteiger partial charge in [-0.2, -0.15) is 5.10 Å². The first-order valence-corrected chi connectivity index (χ1v) is 9.72. The number of hydrogen-bond acceptors (Lipinski definition) is 2. The molecule has 0 fully saturated rings. The van der Waals surface area contributed by atoms with Gasteiger partial charge in [0, 0.05) is 50.0 Å².